The third kappa shape index (κ3) is 3.49. The molecule has 4 rings (SSSR count). The van der Waals surface area contributed by atoms with Crippen LogP contribution in [-0.4, -0.2) is 4.98 Å². The monoisotopic (exact) mass is 334 g/mol. The van der Waals surface area contributed by atoms with Gasteiger partial charge in [0.2, 0.25) is 0 Å². The fourth-order valence-corrected chi connectivity index (χ4v) is 4.72. The van der Waals surface area contributed by atoms with Crippen molar-refractivity contribution in [1.82, 2.24) is 4.98 Å². The quantitative estimate of drug-likeness (QED) is 0.658. The molecule has 122 valence electrons. The molecule has 0 radical (unpaired) electrons. The van der Waals surface area contributed by atoms with E-state index < -0.39 is 0 Å². The maximum absolute atomic E-state index is 9.56. The number of aryl methyl sites for hydroxylation is 2. The normalized spacial score (nSPS) is 17.3. The van der Waals surface area contributed by atoms with E-state index in [0.717, 1.165) is 29.3 Å². The highest BCUT2D eigenvalue weighted by Gasteiger charge is 2.25. The van der Waals surface area contributed by atoms with E-state index in [9.17, 15) is 5.26 Å². The summed E-state index contributed by atoms with van der Waals surface area (Å²) in [5, 5.41) is 10.9. The molecule has 3 heteroatoms. The van der Waals surface area contributed by atoms with E-state index in [0.29, 0.717) is 5.25 Å². The average Bonchev–Trinajstić information content (AvgIpc) is 3.34. The molecule has 2 aromatic rings. The van der Waals surface area contributed by atoms with Crippen LogP contribution in [0.2, 0.25) is 0 Å². The van der Waals surface area contributed by atoms with Crippen molar-refractivity contribution in [2.45, 2.75) is 55.2 Å². The minimum Gasteiger partial charge on any atom is -0.245 e. The van der Waals surface area contributed by atoms with Gasteiger partial charge in [0.15, 0.2) is 0 Å². The Morgan fingerprint density at radius 2 is 2.04 bits per heavy atom. The summed E-state index contributed by atoms with van der Waals surface area (Å²) in [6.07, 6.45) is 8.56. The van der Waals surface area contributed by atoms with E-state index >= 15 is 0 Å². The SMILES string of the molecule is N#Cc1cc2c(nc1S[C@H](CCC1CC1)c1ccccc1)CCC2. The number of nitriles is 1. The highest BCUT2D eigenvalue weighted by atomic mass is 32.2. The molecule has 1 saturated carbocycles. The summed E-state index contributed by atoms with van der Waals surface area (Å²) in [7, 11) is 0. The maximum atomic E-state index is 9.56. The van der Waals surface area contributed by atoms with Crippen LogP contribution >= 0.6 is 11.8 Å². The molecule has 0 spiro atoms. The number of nitrogens with zero attached hydrogens (tertiary/aromatic N) is 2. The van der Waals surface area contributed by atoms with Crippen molar-refractivity contribution in [2.75, 3.05) is 0 Å². The van der Waals surface area contributed by atoms with Gasteiger partial charge in [-0.05, 0) is 55.2 Å². The molecule has 24 heavy (non-hydrogen) atoms. The number of hydrogen-bond donors (Lipinski definition) is 0. The highest BCUT2D eigenvalue weighted by Crippen LogP contribution is 2.43. The third-order valence-electron chi connectivity index (χ3n) is 5.10. The molecule has 2 aliphatic rings. The van der Waals surface area contributed by atoms with Crippen LogP contribution in [0.5, 0.6) is 0 Å². The number of aromatic nitrogens is 1. The Bertz CT molecular complexity index is 759. The molecule has 1 aromatic heterocycles. The highest BCUT2D eigenvalue weighted by molar-refractivity contribution is 7.99. The predicted octanol–water partition coefficient (Wildman–Crippen LogP) is 5.47. The van der Waals surface area contributed by atoms with Gasteiger partial charge in [-0.25, -0.2) is 4.98 Å². The van der Waals surface area contributed by atoms with Gasteiger partial charge in [0, 0.05) is 10.9 Å². The summed E-state index contributed by atoms with van der Waals surface area (Å²) in [4.78, 5) is 4.87. The van der Waals surface area contributed by atoms with Gasteiger partial charge < -0.3 is 0 Å². The van der Waals surface area contributed by atoms with Gasteiger partial charge in [0.25, 0.3) is 0 Å². The third-order valence-corrected chi connectivity index (χ3v) is 6.42. The number of pyridine rings is 1. The summed E-state index contributed by atoms with van der Waals surface area (Å²) >= 11 is 1.80. The zero-order valence-electron chi connectivity index (χ0n) is 13.9. The van der Waals surface area contributed by atoms with Crippen LogP contribution in [0.1, 0.15) is 59.7 Å². The van der Waals surface area contributed by atoms with E-state index in [-0.39, 0.29) is 0 Å². The Hall–Kier alpha value is -1.79. The summed E-state index contributed by atoms with van der Waals surface area (Å²) in [6, 6.07) is 15.2. The van der Waals surface area contributed by atoms with Crippen LogP contribution < -0.4 is 0 Å². The maximum Gasteiger partial charge on any atom is 0.115 e. The lowest BCUT2D eigenvalue weighted by Crippen LogP contribution is -2.00. The van der Waals surface area contributed by atoms with Crippen molar-refractivity contribution < 1.29 is 0 Å². The fraction of sp³-hybridized carbons (Fsp3) is 0.429. The minimum absolute atomic E-state index is 0.394. The molecule has 2 aliphatic carbocycles. The number of hydrogen-bond acceptors (Lipinski definition) is 3. The van der Waals surface area contributed by atoms with E-state index in [1.54, 1.807) is 11.8 Å². The smallest absolute Gasteiger partial charge is 0.115 e. The van der Waals surface area contributed by atoms with Crippen LogP contribution in [0, 0.1) is 17.2 Å². The van der Waals surface area contributed by atoms with Crippen LogP contribution in [0.25, 0.3) is 0 Å². The van der Waals surface area contributed by atoms with Gasteiger partial charge in [-0.1, -0.05) is 54.9 Å². The van der Waals surface area contributed by atoms with Crippen molar-refractivity contribution in [3.8, 4) is 6.07 Å². The predicted molar refractivity (Wildman–Crippen MR) is 98.0 cm³/mol. The van der Waals surface area contributed by atoms with Crippen molar-refractivity contribution in [1.29, 1.82) is 5.26 Å². The van der Waals surface area contributed by atoms with E-state index in [2.05, 4.69) is 42.5 Å². The summed E-state index contributed by atoms with van der Waals surface area (Å²) in [5.41, 5.74) is 4.61. The Labute approximate surface area is 148 Å². The van der Waals surface area contributed by atoms with Crippen molar-refractivity contribution in [3.63, 3.8) is 0 Å². The second-order valence-electron chi connectivity index (χ2n) is 6.95. The van der Waals surface area contributed by atoms with Crippen LogP contribution in [0.3, 0.4) is 0 Å². The molecule has 1 fully saturated rings. The topological polar surface area (TPSA) is 36.7 Å². The van der Waals surface area contributed by atoms with E-state index in [4.69, 9.17) is 4.98 Å². The Balaban J connectivity index is 1.60. The van der Waals surface area contributed by atoms with Gasteiger partial charge in [-0.3, -0.25) is 0 Å². The molecule has 1 aromatic carbocycles. The molecule has 2 nitrogen and oxygen atoms in total. The number of fused-ring (bicyclic) bond motifs is 1. The first-order valence-corrected chi connectivity index (χ1v) is 9.86. The second-order valence-corrected chi connectivity index (χ2v) is 8.14. The fourth-order valence-electron chi connectivity index (χ4n) is 3.51. The Kier molecular flexibility index (Phi) is 4.58. The van der Waals surface area contributed by atoms with Crippen molar-refractivity contribution >= 4 is 11.8 Å². The van der Waals surface area contributed by atoms with Gasteiger partial charge in [-0.2, -0.15) is 5.26 Å². The molecule has 0 N–H and O–H groups in total. The molecule has 0 aliphatic heterocycles. The summed E-state index contributed by atoms with van der Waals surface area (Å²) in [5.74, 6) is 0.931. The summed E-state index contributed by atoms with van der Waals surface area (Å²) < 4.78 is 0. The van der Waals surface area contributed by atoms with Gasteiger partial charge in [0.1, 0.15) is 11.1 Å². The minimum atomic E-state index is 0.394. The molecule has 0 unspecified atom stereocenters. The molecular weight excluding hydrogens is 312 g/mol. The zero-order chi connectivity index (χ0) is 16.4. The van der Waals surface area contributed by atoms with Gasteiger partial charge >= 0.3 is 0 Å². The van der Waals surface area contributed by atoms with Crippen LogP contribution in [-0.2, 0) is 12.8 Å². The largest absolute Gasteiger partial charge is 0.245 e. The lowest BCUT2D eigenvalue weighted by Gasteiger charge is -2.18. The van der Waals surface area contributed by atoms with E-state index in [1.807, 2.05) is 0 Å². The first kappa shape index (κ1) is 15.7. The zero-order valence-corrected chi connectivity index (χ0v) is 14.7. The molecular formula is C21H22N2S. The molecule has 0 saturated heterocycles. The number of thioether (sulfide) groups is 1. The Morgan fingerprint density at radius 3 is 2.79 bits per heavy atom. The lowest BCUT2D eigenvalue weighted by atomic mass is 10.1. The molecule has 1 atom stereocenters. The van der Waals surface area contributed by atoms with Gasteiger partial charge in [-0.15, -0.1) is 0 Å². The first-order chi connectivity index (χ1) is 11.8. The first-order valence-electron chi connectivity index (χ1n) is 8.98. The van der Waals surface area contributed by atoms with Crippen molar-refractivity contribution in [3.05, 3.63) is 58.8 Å². The molecule has 0 amide bonds. The van der Waals surface area contributed by atoms with Crippen LogP contribution in [0.4, 0.5) is 0 Å². The molecule has 1 heterocycles. The Morgan fingerprint density at radius 1 is 1.21 bits per heavy atom. The van der Waals surface area contributed by atoms with Crippen LogP contribution in [0.15, 0.2) is 41.4 Å². The number of benzene rings is 1. The lowest BCUT2D eigenvalue weighted by molar-refractivity contribution is 0.657. The average molecular weight is 334 g/mol. The number of rotatable bonds is 6. The second kappa shape index (κ2) is 6.99. The van der Waals surface area contributed by atoms with Gasteiger partial charge in [0.05, 0.1) is 5.56 Å². The standard InChI is InChI=1S/C21H22N2S/c22-14-18-13-17-7-4-8-19(17)23-21(18)24-20(12-11-15-9-10-15)16-5-2-1-3-6-16/h1-3,5-6,13,15,20H,4,7-12H2/t20-/m1/s1. The summed E-state index contributed by atoms with van der Waals surface area (Å²) in [6.45, 7) is 0. The molecule has 0 bridgehead atoms. The van der Waals surface area contributed by atoms with Crippen molar-refractivity contribution in [2.24, 2.45) is 5.92 Å². The van der Waals surface area contributed by atoms with E-state index in [1.165, 1.54) is 48.9 Å².